The number of thioether (sulfide) groups is 1. The van der Waals surface area contributed by atoms with Gasteiger partial charge in [-0.3, -0.25) is 5.32 Å². The fourth-order valence-corrected chi connectivity index (χ4v) is 4.07. The third-order valence-corrected chi connectivity index (χ3v) is 5.17. The molecular formula is C11H21NOS. The predicted molar refractivity (Wildman–Crippen MR) is 61.7 cm³/mol. The maximum absolute atomic E-state index is 5.88. The molecule has 0 aromatic rings. The van der Waals surface area contributed by atoms with Crippen LogP contribution in [0.15, 0.2) is 0 Å². The van der Waals surface area contributed by atoms with Gasteiger partial charge in [0.25, 0.3) is 0 Å². The van der Waals surface area contributed by atoms with Gasteiger partial charge in [0.15, 0.2) is 0 Å². The molecule has 2 heterocycles. The monoisotopic (exact) mass is 215 g/mol. The molecule has 1 spiro atoms. The van der Waals surface area contributed by atoms with Gasteiger partial charge in [0.05, 0.1) is 10.5 Å². The van der Waals surface area contributed by atoms with Gasteiger partial charge in [0.1, 0.15) is 0 Å². The van der Waals surface area contributed by atoms with Crippen molar-refractivity contribution in [1.82, 2.24) is 5.32 Å². The zero-order valence-electron chi connectivity index (χ0n) is 9.43. The van der Waals surface area contributed by atoms with Crippen LogP contribution in [0.3, 0.4) is 0 Å². The number of nitrogens with one attached hydrogen (secondary N) is 1. The Balaban J connectivity index is 2.07. The molecule has 0 bridgehead atoms. The molecule has 0 saturated carbocycles. The summed E-state index contributed by atoms with van der Waals surface area (Å²) < 4.78 is 5.88. The van der Waals surface area contributed by atoms with Crippen LogP contribution >= 0.6 is 11.8 Å². The van der Waals surface area contributed by atoms with E-state index in [9.17, 15) is 0 Å². The lowest BCUT2D eigenvalue weighted by atomic mass is 9.89. The highest BCUT2D eigenvalue weighted by Gasteiger charge is 2.46. The Labute approximate surface area is 91.2 Å². The molecule has 0 radical (unpaired) electrons. The minimum atomic E-state index is 0.0995. The summed E-state index contributed by atoms with van der Waals surface area (Å²) >= 11 is 2.10. The summed E-state index contributed by atoms with van der Waals surface area (Å²) in [5.74, 6) is 1.25. The van der Waals surface area contributed by atoms with Gasteiger partial charge in [-0.05, 0) is 26.7 Å². The molecule has 2 aliphatic heterocycles. The van der Waals surface area contributed by atoms with Crippen molar-refractivity contribution in [2.24, 2.45) is 0 Å². The standard InChI is InChI=1S/C11H21NOS/c1-4-10(3)8-11(5-6-13-10)12-9(2)7-14-11/h9,12H,4-8H2,1-3H3. The van der Waals surface area contributed by atoms with Crippen LogP contribution in [-0.2, 0) is 4.74 Å². The third-order valence-electron chi connectivity index (χ3n) is 3.48. The van der Waals surface area contributed by atoms with E-state index in [1.807, 2.05) is 0 Å². The fraction of sp³-hybridized carbons (Fsp3) is 1.00. The van der Waals surface area contributed by atoms with E-state index in [0.717, 1.165) is 25.9 Å². The maximum atomic E-state index is 5.88. The predicted octanol–water partition coefficient (Wildman–Crippen LogP) is 2.39. The van der Waals surface area contributed by atoms with Crippen LogP contribution in [0.5, 0.6) is 0 Å². The second-order valence-electron chi connectivity index (χ2n) is 4.93. The molecule has 0 aromatic heterocycles. The SMILES string of the molecule is CCC1(C)CC2(CCO1)NC(C)CS2. The molecule has 2 nitrogen and oxygen atoms in total. The van der Waals surface area contributed by atoms with Gasteiger partial charge in [-0.1, -0.05) is 6.92 Å². The van der Waals surface area contributed by atoms with E-state index in [4.69, 9.17) is 4.74 Å². The van der Waals surface area contributed by atoms with Crippen molar-refractivity contribution in [1.29, 1.82) is 0 Å². The lowest BCUT2D eigenvalue weighted by molar-refractivity contribution is -0.0835. The lowest BCUT2D eigenvalue weighted by Crippen LogP contribution is -2.52. The molecule has 3 heteroatoms. The molecule has 2 saturated heterocycles. The largest absolute Gasteiger partial charge is 0.375 e. The van der Waals surface area contributed by atoms with Gasteiger partial charge in [-0.25, -0.2) is 0 Å². The highest BCUT2D eigenvalue weighted by atomic mass is 32.2. The van der Waals surface area contributed by atoms with E-state index in [0.29, 0.717) is 10.9 Å². The molecule has 2 rings (SSSR count). The Kier molecular flexibility index (Phi) is 2.84. The van der Waals surface area contributed by atoms with Crippen LogP contribution < -0.4 is 5.32 Å². The van der Waals surface area contributed by atoms with Crippen molar-refractivity contribution in [2.45, 2.75) is 56.5 Å². The Morgan fingerprint density at radius 1 is 1.57 bits per heavy atom. The van der Waals surface area contributed by atoms with Crippen LogP contribution in [0, 0.1) is 0 Å². The van der Waals surface area contributed by atoms with Crippen LogP contribution in [0.1, 0.15) is 40.0 Å². The zero-order valence-corrected chi connectivity index (χ0v) is 10.2. The van der Waals surface area contributed by atoms with Gasteiger partial charge in [-0.2, -0.15) is 0 Å². The summed E-state index contributed by atoms with van der Waals surface area (Å²) in [4.78, 5) is 0.322. The highest BCUT2D eigenvalue weighted by molar-refractivity contribution is 8.00. The smallest absolute Gasteiger partial charge is 0.0697 e. The molecule has 3 atom stereocenters. The zero-order chi connectivity index (χ0) is 10.2. The van der Waals surface area contributed by atoms with Crippen molar-refractivity contribution in [3.8, 4) is 0 Å². The van der Waals surface area contributed by atoms with Crippen LogP contribution in [0.25, 0.3) is 0 Å². The van der Waals surface area contributed by atoms with Crippen LogP contribution in [-0.4, -0.2) is 28.9 Å². The summed E-state index contributed by atoms with van der Waals surface area (Å²) in [6.45, 7) is 7.67. The van der Waals surface area contributed by atoms with E-state index in [1.165, 1.54) is 5.75 Å². The molecule has 3 unspecified atom stereocenters. The number of hydrogen-bond acceptors (Lipinski definition) is 3. The van der Waals surface area contributed by atoms with Gasteiger partial charge in [-0.15, -0.1) is 11.8 Å². The van der Waals surface area contributed by atoms with Crippen LogP contribution in [0.2, 0.25) is 0 Å². The Morgan fingerprint density at radius 2 is 2.36 bits per heavy atom. The molecule has 82 valence electrons. The average molecular weight is 215 g/mol. The molecule has 1 N–H and O–H groups in total. The second-order valence-corrected chi connectivity index (χ2v) is 6.33. The first-order chi connectivity index (χ1) is 6.58. The maximum Gasteiger partial charge on any atom is 0.0697 e. The topological polar surface area (TPSA) is 21.3 Å². The van der Waals surface area contributed by atoms with Crippen molar-refractivity contribution in [2.75, 3.05) is 12.4 Å². The number of hydrogen-bond donors (Lipinski definition) is 1. The summed E-state index contributed by atoms with van der Waals surface area (Å²) in [6, 6.07) is 0.666. The van der Waals surface area contributed by atoms with Crippen LogP contribution in [0.4, 0.5) is 0 Å². The first-order valence-electron chi connectivity index (χ1n) is 5.63. The van der Waals surface area contributed by atoms with E-state index in [2.05, 4.69) is 37.8 Å². The Bertz CT molecular complexity index is 219. The van der Waals surface area contributed by atoms with Gasteiger partial charge >= 0.3 is 0 Å². The van der Waals surface area contributed by atoms with Crippen molar-refractivity contribution in [3.05, 3.63) is 0 Å². The first kappa shape index (κ1) is 10.8. The van der Waals surface area contributed by atoms with E-state index in [-0.39, 0.29) is 5.60 Å². The summed E-state index contributed by atoms with van der Waals surface area (Å²) in [6.07, 6.45) is 3.44. The quantitative estimate of drug-likeness (QED) is 0.725. The van der Waals surface area contributed by atoms with E-state index < -0.39 is 0 Å². The summed E-state index contributed by atoms with van der Waals surface area (Å²) in [5.41, 5.74) is 0.0995. The summed E-state index contributed by atoms with van der Waals surface area (Å²) in [7, 11) is 0. The fourth-order valence-electron chi connectivity index (χ4n) is 2.50. The molecular weight excluding hydrogens is 194 g/mol. The lowest BCUT2D eigenvalue weighted by Gasteiger charge is -2.44. The van der Waals surface area contributed by atoms with Gasteiger partial charge < -0.3 is 4.74 Å². The van der Waals surface area contributed by atoms with Gasteiger partial charge in [0.2, 0.25) is 0 Å². The van der Waals surface area contributed by atoms with Crippen molar-refractivity contribution < 1.29 is 4.74 Å². The molecule has 14 heavy (non-hydrogen) atoms. The molecule has 2 aliphatic rings. The number of ether oxygens (including phenoxy) is 1. The molecule has 2 fully saturated rings. The molecule has 0 aromatic carbocycles. The van der Waals surface area contributed by atoms with E-state index >= 15 is 0 Å². The Morgan fingerprint density at radius 3 is 2.93 bits per heavy atom. The summed E-state index contributed by atoms with van der Waals surface area (Å²) in [5, 5.41) is 3.74. The second kappa shape index (κ2) is 3.69. The number of rotatable bonds is 1. The van der Waals surface area contributed by atoms with E-state index in [1.54, 1.807) is 0 Å². The van der Waals surface area contributed by atoms with Gasteiger partial charge in [0, 0.05) is 24.8 Å². The third kappa shape index (κ3) is 1.95. The average Bonchev–Trinajstić information content (AvgIpc) is 2.47. The van der Waals surface area contributed by atoms with Crippen molar-refractivity contribution >= 4 is 11.8 Å². The molecule has 0 aliphatic carbocycles. The Hall–Kier alpha value is 0.270. The first-order valence-corrected chi connectivity index (χ1v) is 6.62. The van der Waals surface area contributed by atoms with Crippen molar-refractivity contribution in [3.63, 3.8) is 0 Å². The molecule has 0 amide bonds. The highest BCUT2D eigenvalue weighted by Crippen LogP contribution is 2.44. The minimum Gasteiger partial charge on any atom is -0.375 e. The normalized spacial score (nSPS) is 48.6. The minimum absolute atomic E-state index is 0.0995.